The number of rotatable bonds is 3. The molecule has 170 valence electrons. The zero-order valence-corrected chi connectivity index (χ0v) is 19.5. The Morgan fingerprint density at radius 3 is 2.44 bits per heavy atom. The number of piperidine rings is 2. The Kier molecular flexibility index (Phi) is 6.34. The lowest BCUT2D eigenvalue weighted by Gasteiger charge is -2.45. The summed E-state index contributed by atoms with van der Waals surface area (Å²) in [5.74, 6) is 0.590. The van der Waals surface area contributed by atoms with E-state index in [-0.39, 0.29) is 11.3 Å². The zero-order valence-electron chi connectivity index (χ0n) is 19.5. The first-order valence-electron chi connectivity index (χ1n) is 12.4. The van der Waals surface area contributed by atoms with E-state index in [1.165, 1.54) is 29.5 Å². The van der Waals surface area contributed by atoms with Crippen LogP contribution in [0.3, 0.4) is 0 Å². The van der Waals surface area contributed by atoms with E-state index in [2.05, 4.69) is 76.3 Å². The molecule has 1 spiro atoms. The minimum atomic E-state index is 0.154. The third-order valence-electron chi connectivity index (χ3n) is 7.94. The molecule has 0 aliphatic carbocycles. The van der Waals surface area contributed by atoms with E-state index in [1.54, 1.807) is 0 Å². The molecule has 1 amide bonds. The number of carbonyl (C=O) groups is 1. The molecule has 0 radical (unpaired) electrons. The highest BCUT2D eigenvalue weighted by atomic mass is 16.2. The van der Waals surface area contributed by atoms with Crippen LogP contribution in [-0.2, 0) is 24.3 Å². The molecule has 4 nitrogen and oxygen atoms in total. The third-order valence-corrected chi connectivity index (χ3v) is 7.94. The van der Waals surface area contributed by atoms with Crippen molar-refractivity contribution in [2.24, 2.45) is 11.3 Å². The topological polar surface area (TPSA) is 26.8 Å². The van der Waals surface area contributed by atoms with Crippen LogP contribution in [0.15, 0.2) is 54.6 Å². The Balaban J connectivity index is 1.39. The van der Waals surface area contributed by atoms with Gasteiger partial charge < -0.3 is 9.80 Å². The molecule has 2 saturated heterocycles. The van der Waals surface area contributed by atoms with Crippen molar-refractivity contribution in [3.05, 3.63) is 71.3 Å². The van der Waals surface area contributed by atoms with E-state index >= 15 is 0 Å². The van der Waals surface area contributed by atoms with Gasteiger partial charge in [-0.25, -0.2) is 0 Å². The summed E-state index contributed by atoms with van der Waals surface area (Å²) >= 11 is 0. The van der Waals surface area contributed by atoms with Gasteiger partial charge in [0.25, 0.3) is 0 Å². The Morgan fingerprint density at radius 1 is 0.938 bits per heavy atom. The lowest BCUT2D eigenvalue weighted by molar-refractivity contribution is -0.140. The van der Waals surface area contributed by atoms with Gasteiger partial charge in [0.1, 0.15) is 0 Å². The highest BCUT2D eigenvalue weighted by molar-refractivity contribution is 5.79. The van der Waals surface area contributed by atoms with Gasteiger partial charge in [-0.2, -0.15) is 0 Å². The van der Waals surface area contributed by atoms with Crippen LogP contribution in [0, 0.1) is 11.3 Å². The van der Waals surface area contributed by atoms with E-state index in [4.69, 9.17) is 0 Å². The second-order valence-corrected chi connectivity index (χ2v) is 10.5. The minimum absolute atomic E-state index is 0.154. The minimum Gasteiger partial charge on any atom is -0.338 e. The zero-order chi connectivity index (χ0) is 22.0. The molecule has 2 aromatic carbocycles. The van der Waals surface area contributed by atoms with Gasteiger partial charge in [-0.05, 0) is 75.5 Å². The van der Waals surface area contributed by atoms with Crippen molar-refractivity contribution in [3.63, 3.8) is 0 Å². The number of benzene rings is 2. The Hall–Kier alpha value is -2.17. The van der Waals surface area contributed by atoms with Crippen LogP contribution in [0.4, 0.5) is 0 Å². The molecule has 3 aliphatic rings. The lowest BCUT2D eigenvalue weighted by atomic mass is 9.74. The maximum absolute atomic E-state index is 13.7. The van der Waals surface area contributed by atoms with Gasteiger partial charge in [-0.3, -0.25) is 9.69 Å². The fourth-order valence-corrected chi connectivity index (χ4v) is 6.24. The van der Waals surface area contributed by atoms with Crippen molar-refractivity contribution in [2.75, 3.05) is 39.8 Å². The molecule has 0 aromatic heterocycles. The molecule has 0 N–H and O–H groups in total. The lowest BCUT2D eigenvalue weighted by Crippen LogP contribution is -2.51. The van der Waals surface area contributed by atoms with Crippen LogP contribution in [0.5, 0.6) is 0 Å². The van der Waals surface area contributed by atoms with Crippen molar-refractivity contribution in [3.8, 4) is 0 Å². The first kappa shape index (κ1) is 21.7. The molecule has 4 heteroatoms. The number of nitrogens with zero attached hydrogens (tertiary/aromatic N) is 3. The number of hydrogen-bond acceptors (Lipinski definition) is 3. The van der Waals surface area contributed by atoms with Gasteiger partial charge in [0.2, 0.25) is 5.91 Å². The van der Waals surface area contributed by atoms with Gasteiger partial charge in [-0.1, -0.05) is 54.6 Å². The van der Waals surface area contributed by atoms with Crippen LogP contribution in [0.2, 0.25) is 0 Å². The summed E-state index contributed by atoms with van der Waals surface area (Å²) < 4.78 is 0. The second kappa shape index (κ2) is 9.36. The highest BCUT2D eigenvalue weighted by Crippen LogP contribution is 2.39. The van der Waals surface area contributed by atoms with Crippen LogP contribution in [-0.4, -0.2) is 60.4 Å². The number of likely N-dealkylation sites (tertiary alicyclic amines) is 2. The summed E-state index contributed by atoms with van der Waals surface area (Å²) in [7, 11) is 2.17. The fourth-order valence-electron chi connectivity index (χ4n) is 6.24. The molecule has 2 aromatic rings. The number of hydrogen-bond donors (Lipinski definition) is 0. The molecular weight excluding hydrogens is 394 g/mol. The molecular formula is C28H37N3O. The van der Waals surface area contributed by atoms with Crippen LogP contribution in [0.25, 0.3) is 0 Å². The van der Waals surface area contributed by atoms with E-state index in [0.29, 0.717) is 5.91 Å². The first-order valence-corrected chi connectivity index (χ1v) is 12.4. The summed E-state index contributed by atoms with van der Waals surface area (Å²) in [5.41, 5.74) is 4.34. The van der Waals surface area contributed by atoms with Gasteiger partial charge in [0, 0.05) is 37.5 Å². The Bertz CT molecular complexity index is 921. The summed E-state index contributed by atoms with van der Waals surface area (Å²) in [6.45, 7) is 7.00. The molecule has 32 heavy (non-hydrogen) atoms. The second-order valence-electron chi connectivity index (χ2n) is 10.5. The summed E-state index contributed by atoms with van der Waals surface area (Å²) in [4.78, 5) is 20.9. The standard InChI is InChI=1S/C28H37N3O/c1-29-16-12-24(13-17-29)27(32)31-20-26-11-6-5-10-25(26)18-28(22-31)14-7-15-30(21-28)19-23-8-3-2-4-9-23/h2-6,8-11,24H,7,12-22H2,1H3. The Morgan fingerprint density at radius 2 is 1.66 bits per heavy atom. The monoisotopic (exact) mass is 431 g/mol. The molecule has 1 atom stereocenters. The highest BCUT2D eigenvalue weighted by Gasteiger charge is 2.41. The Labute approximate surface area is 193 Å². The summed E-state index contributed by atoms with van der Waals surface area (Å²) in [6.07, 6.45) is 5.52. The summed E-state index contributed by atoms with van der Waals surface area (Å²) in [5, 5.41) is 0. The van der Waals surface area contributed by atoms with Crippen molar-refractivity contribution >= 4 is 5.91 Å². The quantitative estimate of drug-likeness (QED) is 0.729. The van der Waals surface area contributed by atoms with E-state index in [0.717, 1.165) is 65.1 Å². The number of carbonyl (C=O) groups excluding carboxylic acids is 1. The van der Waals surface area contributed by atoms with Crippen LogP contribution >= 0.6 is 0 Å². The van der Waals surface area contributed by atoms with Gasteiger partial charge in [0.05, 0.1) is 0 Å². The van der Waals surface area contributed by atoms with Gasteiger partial charge >= 0.3 is 0 Å². The SMILES string of the molecule is CN1CCC(C(=O)N2Cc3ccccc3CC3(CCCN(Cc4ccccc4)C3)C2)CC1. The van der Waals surface area contributed by atoms with Crippen molar-refractivity contribution < 1.29 is 4.79 Å². The average molecular weight is 432 g/mol. The maximum atomic E-state index is 13.7. The van der Waals surface area contributed by atoms with Crippen LogP contribution < -0.4 is 0 Å². The largest absolute Gasteiger partial charge is 0.338 e. The predicted molar refractivity (Wildman–Crippen MR) is 129 cm³/mol. The molecule has 5 rings (SSSR count). The molecule has 3 heterocycles. The first-order chi connectivity index (χ1) is 15.6. The maximum Gasteiger partial charge on any atom is 0.226 e. The van der Waals surface area contributed by atoms with E-state index in [9.17, 15) is 4.79 Å². The number of amides is 1. The van der Waals surface area contributed by atoms with E-state index < -0.39 is 0 Å². The number of fused-ring (bicyclic) bond motifs is 1. The third kappa shape index (κ3) is 4.77. The average Bonchev–Trinajstić information content (AvgIpc) is 2.96. The smallest absolute Gasteiger partial charge is 0.226 e. The van der Waals surface area contributed by atoms with Gasteiger partial charge in [0.15, 0.2) is 0 Å². The molecule has 0 bridgehead atoms. The van der Waals surface area contributed by atoms with Gasteiger partial charge in [-0.15, -0.1) is 0 Å². The molecule has 2 fully saturated rings. The molecule has 0 saturated carbocycles. The van der Waals surface area contributed by atoms with E-state index in [1.807, 2.05) is 0 Å². The van der Waals surface area contributed by atoms with Crippen LogP contribution in [0.1, 0.15) is 42.4 Å². The summed E-state index contributed by atoms with van der Waals surface area (Å²) in [6, 6.07) is 19.7. The molecule has 3 aliphatic heterocycles. The van der Waals surface area contributed by atoms with Crippen molar-refractivity contribution in [1.82, 2.24) is 14.7 Å². The van der Waals surface area contributed by atoms with Crippen molar-refractivity contribution in [1.29, 1.82) is 0 Å². The molecule has 1 unspecified atom stereocenters. The normalized spacial score (nSPS) is 25.5. The predicted octanol–water partition coefficient (Wildman–Crippen LogP) is 4.20. The van der Waals surface area contributed by atoms with Crippen molar-refractivity contribution in [2.45, 2.75) is 45.2 Å². The fraction of sp³-hybridized carbons (Fsp3) is 0.536.